The molecule has 1 fully saturated rings. The summed E-state index contributed by atoms with van der Waals surface area (Å²) < 4.78 is 0. The molecule has 142 valence electrons. The normalized spacial score (nSPS) is 14.3. The molecule has 3 rings (SSSR count). The van der Waals surface area contributed by atoms with Gasteiger partial charge in [-0.15, -0.1) is 24.0 Å². The van der Waals surface area contributed by atoms with Crippen LogP contribution in [0.25, 0.3) is 0 Å². The van der Waals surface area contributed by atoms with Gasteiger partial charge in [0.25, 0.3) is 0 Å². The molecule has 1 heterocycles. The molecule has 0 amide bonds. The third kappa shape index (κ3) is 5.75. The molecule has 5 nitrogen and oxygen atoms in total. The summed E-state index contributed by atoms with van der Waals surface area (Å²) in [6, 6.07) is 17.8. The molecule has 0 bridgehead atoms. The summed E-state index contributed by atoms with van der Waals surface area (Å²) in [6.07, 6.45) is 0. The van der Waals surface area contributed by atoms with E-state index < -0.39 is 0 Å². The monoisotopic (exact) mass is 495 g/mol. The van der Waals surface area contributed by atoms with Crippen LogP contribution < -0.4 is 10.2 Å². The number of nitrogens with zero attached hydrogens (tertiary/aromatic N) is 4. The molecule has 27 heavy (non-hydrogen) atoms. The second-order valence-corrected chi connectivity index (χ2v) is 6.60. The predicted octanol–water partition coefficient (Wildman–Crippen LogP) is 3.73. The second kappa shape index (κ2) is 10.4. The van der Waals surface area contributed by atoms with Gasteiger partial charge in [-0.05, 0) is 35.9 Å². The van der Waals surface area contributed by atoms with E-state index in [2.05, 4.69) is 32.2 Å². The van der Waals surface area contributed by atoms with E-state index in [4.69, 9.17) is 16.9 Å². The SMILES string of the molecule is CN=C(NCc1cccc(C#N)c1)N1CCN(c2cccc(Cl)c2)CC1.I. The first kappa shape index (κ1) is 21.3. The topological polar surface area (TPSA) is 54.7 Å². The molecule has 1 aliphatic rings. The third-order valence-corrected chi connectivity index (χ3v) is 4.71. The zero-order valence-corrected chi connectivity index (χ0v) is 18.3. The van der Waals surface area contributed by atoms with E-state index in [9.17, 15) is 0 Å². The lowest BCUT2D eigenvalue weighted by Gasteiger charge is -2.37. The Labute approximate surface area is 182 Å². The average molecular weight is 496 g/mol. The summed E-state index contributed by atoms with van der Waals surface area (Å²) in [5, 5.41) is 13.2. The van der Waals surface area contributed by atoms with Crippen LogP contribution in [0.3, 0.4) is 0 Å². The molecule has 1 N–H and O–H groups in total. The predicted molar refractivity (Wildman–Crippen MR) is 122 cm³/mol. The molecular formula is C20H23ClIN5. The largest absolute Gasteiger partial charge is 0.368 e. The van der Waals surface area contributed by atoms with Gasteiger partial charge in [0.2, 0.25) is 0 Å². The molecule has 2 aromatic rings. The number of benzene rings is 2. The standard InChI is InChI=1S/C20H22ClN5.HI/c1-23-20(24-15-17-5-2-4-16(12-17)14-22)26-10-8-25(9-11-26)19-7-3-6-18(21)13-19;/h2-7,12-13H,8-11,15H2,1H3,(H,23,24);1H. The van der Waals surface area contributed by atoms with Crippen LogP contribution in [-0.2, 0) is 6.54 Å². The van der Waals surface area contributed by atoms with Crippen molar-refractivity contribution in [2.75, 3.05) is 38.1 Å². The molecule has 2 aromatic carbocycles. The minimum Gasteiger partial charge on any atom is -0.368 e. The lowest BCUT2D eigenvalue weighted by Crippen LogP contribution is -2.52. The summed E-state index contributed by atoms with van der Waals surface area (Å²) in [5.74, 6) is 0.887. The van der Waals surface area contributed by atoms with Gasteiger partial charge in [-0.25, -0.2) is 0 Å². The Kier molecular flexibility index (Phi) is 8.20. The van der Waals surface area contributed by atoms with Crippen LogP contribution in [0.4, 0.5) is 5.69 Å². The number of nitrogens with one attached hydrogen (secondary N) is 1. The summed E-state index contributed by atoms with van der Waals surface area (Å²) in [7, 11) is 1.80. The molecule has 0 aromatic heterocycles. The molecule has 0 aliphatic carbocycles. The smallest absolute Gasteiger partial charge is 0.194 e. The Balaban J connectivity index is 0.00000261. The number of nitriles is 1. The van der Waals surface area contributed by atoms with Gasteiger partial charge in [-0.1, -0.05) is 29.8 Å². The van der Waals surface area contributed by atoms with E-state index in [0.29, 0.717) is 12.1 Å². The molecule has 7 heteroatoms. The lowest BCUT2D eigenvalue weighted by atomic mass is 10.1. The van der Waals surface area contributed by atoms with E-state index in [1.807, 2.05) is 42.5 Å². The Hall–Kier alpha value is -1.98. The van der Waals surface area contributed by atoms with Crippen molar-refractivity contribution in [3.8, 4) is 6.07 Å². The molecule has 1 saturated heterocycles. The molecule has 0 unspecified atom stereocenters. The van der Waals surface area contributed by atoms with Gasteiger partial charge in [0.1, 0.15) is 0 Å². The number of hydrogen-bond acceptors (Lipinski definition) is 3. The van der Waals surface area contributed by atoms with Crippen LogP contribution in [0.2, 0.25) is 5.02 Å². The summed E-state index contributed by atoms with van der Waals surface area (Å²) in [5.41, 5.74) is 2.91. The van der Waals surface area contributed by atoms with Crippen molar-refractivity contribution >= 4 is 47.2 Å². The van der Waals surface area contributed by atoms with E-state index in [1.165, 1.54) is 0 Å². The highest BCUT2D eigenvalue weighted by atomic mass is 127. The highest BCUT2D eigenvalue weighted by Gasteiger charge is 2.19. The van der Waals surface area contributed by atoms with Crippen LogP contribution >= 0.6 is 35.6 Å². The maximum absolute atomic E-state index is 9.01. The van der Waals surface area contributed by atoms with Gasteiger partial charge in [0.05, 0.1) is 11.6 Å². The molecular weight excluding hydrogens is 473 g/mol. The van der Waals surface area contributed by atoms with Crippen molar-refractivity contribution in [1.82, 2.24) is 10.2 Å². The van der Waals surface area contributed by atoms with Gasteiger partial charge >= 0.3 is 0 Å². The van der Waals surface area contributed by atoms with Gasteiger partial charge in [0.15, 0.2) is 5.96 Å². The zero-order chi connectivity index (χ0) is 18.4. The van der Waals surface area contributed by atoms with Crippen molar-refractivity contribution in [3.05, 3.63) is 64.7 Å². The quantitative estimate of drug-likeness (QED) is 0.401. The Morgan fingerprint density at radius 2 is 1.89 bits per heavy atom. The van der Waals surface area contributed by atoms with Crippen LogP contribution in [0.1, 0.15) is 11.1 Å². The fourth-order valence-corrected chi connectivity index (χ4v) is 3.30. The molecule has 0 saturated carbocycles. The number of rotatable bonds is 3. The van der Waals surface area contributed by atoms with E-state index in [-0.39, 0.29) is 24.0 Å². The Morgan fingerprint density at radius 3 is 2.56 bits per heavy atom. The van der Waals surface area contributed by atoms with E-state index in [0.717, 1.165) is 48.4 Å². The summed E-state index contributed by atoms with van der Waals surface area (Å²) in [6.45, 7) is 4.28. The first-order valence-electron chi connectivity index (χ1n) is 8.65. The van der Waals surface area contributed by atoms with Gasteiger partial charge < -0.3 is 15.1 Å². The molecule has 0 spiro atoms. The number of guanidine groups is 1. The Morgan fingerprint density at radius 1 is 1.15 bits per heavy atom. The second-order valence-electron chi connectivity index (χ2n) is 6.17. The number of halogens is 2. The summed E-state index contributed by atoms with van der Waals surface area (Å²) >= 11 is 6.10. The van der Waals surface area contributed by atoms with Crippen molar-refractivity contribution in [3.63, 3.8) is 0 Å². The van der Waals surface area contributed by atoms with E-state index in [1.54, 1.807) is 7.05 Å². The molecule has 0 radical (unpaired) electrons. The van der Waals surface area contributed by atoms with Crippen LogP contribution in [0, 0.1) is 11.3 Å². The number of hydrogen-bond donors (Lipinski definition) is 1. The van der Waals surface area contributed by atoms with Gasteiger partial charge in [0, 0.05) is 50.5 Å². The highest BCUT2D eigenvalue weighted by Crippen LogP contribution is 2.20. The first-order chi connectivity index (χ1) is 12.7. The molecule has 0 atom stereocenters. The number of aliphatic imine (C=N–C) groups is 1. The fraction of sp³-hybridized carbons (Fsp3) is 0.300. The maximum atomic E-state index is 9.01. The maximum Gasteiger partial charge on any atom is 0.194 e. The van der Waals surface area contributed by atoms with Gasteiger partial charge in [-0.2, -0.15) is 5.26 Å². The van der Waals surface area contributed by atoms with Crippen LogP contribution in [0.15, 0.2) is 53.5 Å². The highest BCUT2D eigenvalue weighted by molar-refractivity contribution is 14.0. The van der Waals surface area contributed by atoms with E-state index >= 15 is 0 Å². The lowest BCUT2D eigenvalue weighted by molar-refractivity contribution is 0.372. The Bertz CT molecular complexity index is 825. The van der Waals surface area contributed by atoms with Crippen molar-refractivity contribution < 1.29 is 0 Å². The average Bonchev–Trinajstić information content (AvgIpc) is 2.69. The zero-order valence-electron chi connectivity index (χ0n) is 15.2. The number of piperazine rings is 1. The van der Waals surface area contributed by atoms with Crippen molar-refractivity contribution in [1.29, 1.82) is 5.26 Å². The minimum atomic E-state index is 0. The number of anilines is 1. The van der Waals surface area contributed by atoms with Crippen molar-refractivity contribution in [2.24, 2.45) is 4.99 Å². The minimum absolute atomic E-state index is 0. The van der Waals surface area contributed by atoms with Crippen LogP contribution in [-0.4, -0.2) is 44.1 Å². The first-order valence-corrected chi connectivity index (χ1v) is 9.02. The molecule has 1 aliphatic heterocycles. The van der Waals surface area contributed by atoms with Crippen molar-refractivity contribution in [2.45, 2.75) is 6.54 Å². The fourth-order valence-electron chi connectivity index (χ4n) is 3.11. The van der Waals surface area contributed by atoms with Crippen LogP contribution in [0.5, 0.6) is 0 Å². The third-order valence-electron chi connectivity index (χ3n) is 4.47. The van der Waals surface area contributed by atoms with Gasteiger partial charge in [-0.3, -0.25) is 4.99 Å². The summed E-state index contributed by atoms with van der Waals surface area (Å²) in [4.78, 5) is 9.01.